The van der Waals surface area contributed by atoms with E-state index in [1.165, 1.54) is 0 Å². The van der Waals surface area contributed by atoms with E-state index in [9.17, 15) is 9.59 Å². The predicted octanol–water partition coefficient (Wildman–Crippen LogP) is -0.733. The molecule has 0 bridgehead atoms. The van der Waals surface area contributed by atoms with Crippen LogP contribution in [-0.4, -0.2) is 34.2 Å². The second-order valence-corrected chi connectivity index (χ2v) is 2.89. The molecule has 1 saturated heterocycles. The summed E-state index contributed by atoms with van der Waals surface area (Å²) in [6, 6.07) is -0.539. The van der Waals surface area contributed by atoms with Gasteiger partial charge in [-0.1, -0.05) is 0 Å². The number of aliphatic hydroxyl groups is 1. The molecule has 11 heavy (non-hydrogen) atoms. The normalized spacial score (nSPS) is 22.3. The summed E-state index contributed by atoms with van der Waals surface area (Å²) in [4.78, 5) is 22.9. The smallest absolute Gasteiger partial charge is 0.326 e. The van der Waals surface area contributed by atoms with Gasteiger partial charge in [0.2, 0.25) is 0 Å². The summed E-state index contributed by atoms with van der Waals surface area (Å²) in [6.45, 7) is 2.71. The zero-order chi connectivity index (χ0) is 8.65. The maximum atomic E-state index is 11.0. The number of rotatable bonds is 1. The second kappa shape index (κ2) is 2.20. The average Bonchev–Trinajstić information content (AvgIpc) is 2.04. The fourth-order valence-electron chi connectivity index (χ4n) is 0.935. The number of hydrogen-bond donors (Lipinski definition) is 2. The summed E-state index contributed by atoms with van der Waals surface area (Å²) < 4.78 is 0. The monoisotopic (exact) mass is 158 g/mol. The number of imide groups is 1. The Hall–Kier alpha value is -1.10. The van der Waals surface area contributed by atoms with Gasteiger partial charge in [0, 0.05) is 0 Å². The SMILES string of the molecule is CC1(C)C(=O)NC(=O)N1CO. The minimum absolute atomic E-state index is 0.378. The van der Waals surface area contributed by atoms with Crippen LogP contribution in [0.4, 0.5) is 4.79 Å². The topological polar surface area (TPSA) is 69.6 Å². The summed E-state index contributed by atoms with van der Waals surface area (Å²) in [5.41, 5.74) is -0.925. The van der Waals surface area contributed by atoms with E-state index in [2.05, 4.69) is 5.32 Å². The molecule has 1 rings (SSSR count). The highest BCUT2D eigenvalue weighted by molar-refractivity contribution is 6.06. The number of urea groups is 1. The van der Waals surface area contributed by atoms with Crippen LogP contribution < -0.4 is 5.32 Å². The Morgan fingerprint density at radius 1 is 1.55 bits per heavy atom. The summed E-state index contributed by atoms with van der Waals surface area (Å²) in [7, 11) is 0. The van der Waals surface area contributed by atoms with Gasteiger partial charge < -0.3 is 5.11 Å². The molecule has 1 heterocycles. The van der Waals surface area contributed by atoms with E-state index in [1.807, 2.05) is 0 Å². The van der Waals surface area contributed by atoms with E-state index in [1.54, 1.807) is 13.8 Å². The zero-order valence-electron chi connectivity index (χ0n) is 6.42. The van der Waals surface area contributed by atoms with Gasteiger partial charge in [0.05, 0.1) is 0 Å². The van der Waals surface area contributed by atoms with Crippen molar-refractivity contribution in [1.82, 2.24) is 10.2 Å². The molecule has 5 nitrogen and oxygen atoms in total. The first-order valence-corrected chi connectivity index (χ1v) is 3.24. The second-order valence-electron chi connectivity index (χ2n) is 2.89. The van der Waals surface area contributed by atoms with Crippen LogP contribution in [0.1, 0.15) is 13.8 Å². The van der Waals surface area contributed by atoms with Crippen LogP contribution in [0, 0.1) is 0 Å². The number of nitrogens with zero attached hydrogens (tertiary/aromatic N) is 1. The molecule has 0 unspecified atom stereocenters. The maximum absolute atomic E-state index is 11.0. The predicted molar refractivity (Wildman–Crippen MR) is 36.5 cm³/mol. The Balaban J connectivity index is 2.93. The molecule has 0 aromatic heterocycles. The largest absolute Gasteiger partial charge is 0.376 e. The molecule has 3 amide bonds. The lowest BCUT2D eigenvalue weighted by Gasteiger charge is -2.24. The van der Waals surface area contributed by atoms with Gasteiger partial charge in [-0.3, -0.25) is 15.0 Å². The van der Waals surface area contributed by atoms with Crippen LogP contribution in [0.2, 0.25) is 0 Å². The molecule has 0 aliphatic carbocycles. The van der Waals surface area contributed by atoms with Crippen molar-refractivity contribution in [2.45, 2.75) is 19.4 Å². The molecule has 0 saturated carbocycles. The Bertz CT molecular complexity index is 212. The van der Waals surface area contributed by atoms with E-state index < -0.39 is 18.3 Å². The van der Waals surface area contributed by atoms with Crippen molar-refractivity contribution in [2.75, 3.05) is 6.73 Å². The van der Waals surface area contributed by atoms with Crippen LogP contribution >= 0.6 is 0 Å². The third-order valence-corrected chi connectivity index (χ3v) is 1.84. The van der Waals surface area contributed by atoms with Gasteiger partial charge in [0.15, 0.2) is 0 Å². The van der Waals surface area contributed by atoms with E-state index >= 15 is 0 Å². The zero-order valence-corrected chi connectivity index (χ0v) is 6.42. The fourth-order valence-corrected chi connectivity index (χ4v) is 0.935. The third-order valence-electron chi connectivity index (χ3n) is 1.84. The van der Waals surface area contributed by atoms with Crippen molar-refractivity contribution >= 4 is 11.9 Å². The molecule has 0 spiro atoms. The molecule has 0 atom stereocenters. The minimum Gasteiger partial charge on any atom is -0.376 e. The highest BCUT2D eigenvalue weighted by atomic mass is 16.3. The summed E-state index contributed by atoms with van der Waals surface area (Å²) in [5.74, 6) is -0.378. The van der Waals surface area contributed by atoms with E-state index in [0.29, 0.717) is 0 Å². The quantitative estimate of drug-likeness (QED) is 0.494. The van der Waals surface area contributed by atoms with Gasteiger partial charge in [0.25, 0.3) is 5.91 Å². The van der Waals surface area contributed by atoms with E-state index in [-0.39, 0.29) is 5.91 Å². The molecule has 1 aliphatic rings. The van der Waals surface area contributed by atoms with Crippen molar-refractivity contribution in [1.29, 1.82) is 0 Å². The van der Waals surface area contributed by atoms with Crippen LogP contribution in [0.5, 0.6) is 0 Å². The van der Waals surface area contributed by atoms with Gasteiger partial charge in [-0.2, -0.15) is 0 Å². The molecule has 62 valence electrons. The van der Waals surface area contributed by atoms with Crippen molar-refractivity contribution in [3.63, 3.8) is 0 Å². The number of nitrogens with one attached hydrogen (secondary N) is 1. The average molecular weight is 158 g/mol. The number of aliphatic hydroxyl groups excluding tert-OH is 1. The molecule has 1 aliphatic heterocycles. The van der Waals surface area contributed by atoms with Gasteiger partial charge in [0.1, 0.15) is 12.3 Å². The molecular weight excluding hydrogens is 148 g/mol. The Morgan fingerprint density at radius 3 is 2.27 bits per heavy atom. The van der Waals surface area contributed by atoms with Crippen molar-refractivity contribution in [3.8, 4) is 0 Å². The van der Waals surface area contributed by atoms with Crippen LogP contribution in [0.25, 0.3) is 0 Å². The molecule has 0 aromatic rings. The molecule has 0 aromatic carbocycles. The lowest BCUT2D eigenvalue weighted by Crippen LogP contribution is -2.44. The highest BCUT2D eigenvalue weighted by Crippen LogP contribution is 2.19. The Kier molecular flexibility index (Phi) is 1.60. The summed E-state index contributed by atoms with van der Waals surface area (Å²) in [6.07, 6.45) is 0. The van der Waals surface area contributed by atoms with Gasteiger partial charge in [-0.15, -0.1) is 0 Å². The number of carbonyl (C=O) groups is 2. The first-order valence-electron chi connectivity index (χ1n) is 3.24. The van der Waals surface area contributed by atoms with Crippen molar-refractivity contribution in [2.24, 2.45) is 0 Å². The maximum Gasteiger partial charge on any atom is 0.326 e. The lowest BCUT2D eigenvalue weighted by molar-refractivity contribution is -0.126. The number of hydrogen-bond acceptors (Lipinski definition) is 3. The molecule has 2 N–H and O–H groups in total. The van der Waals surface area contributed by atoms with E-state index in [4.69, 9.17) is 5.11 Å². The first kappa shape index (κ1) is 8.00. The third kappa shape index (κ3) is 0.970. The summed E-state index contributed by atoms with van der Waals surface area (Å²) >= 11 is 0. The van der Waals surface area contributed by atoms with Gasteiger partial charge in [-0.25, -0.2) is 4.79 Å². The molecule has 0 radical (unpaired) electrons. The lowest BCUT2D eigenvalue weighted by atomic mass is 10.1. The van der Waals surface area contributed by atoms with Crippen LogP contribution in [-0.2, 0) is 4.79 Å². The number of amides is 3. The van der Waals surface area contributed by atoms with Gasteiger partial charge >= 0.3 is 6.03 Å². The summed E-state index contributed by atoms with van der Waals surface area (Å²) in [5, 5.41) is 10.8. The highest BCUT2D eigenvalue weighted by Gasteiger charge is 2.44. The fraction of sp³-hybridized carbons (Fsp3) is 0.667. The van der Waals surface area contributed by atoms with Crippen LogP contribution in [0.15, 0.2) is 0 Å². The molecular formula is C6H10N2O3. The van der Waals surface area contributed by atoms with Crippen molar-refractivity contribution < 1.29 is 14.7 Å². The first-order chi connectivity index (χ1) is 5.00. The Labute approximate surface area is 64.0 Å². The standard InChI is InChI=1S/C6H10N2O3/c1-6(2)4(10)7-5(11)8(6)3-9/h9H,3H2,1-2H3,(H,7,10,11). The molecule has 1 fully saturated rings. The van der Waals surface area contributed by atoms with Crippen molar-refractivity contribution in [3.05, 3.63) is 0 Å². The molecule has 5 heteroatoms. The Morgan fingerprint density at radius 2 is 2.09 bits per heavy atom. The van der Waals surface area contributed by atoms with Crippen LogP contribution in [0.3, 0.4) is 0 Å². The van der Waals surface area contributed by atoms with Gasteiger partial charge in [-0.05, 0) is 13.8 Å². The van der Waals surface area contributed by atoms with E-state index in [0.717, 1.165) is 4.90 Å². The number of carbonyl (C=O) groups excluding carboxylic acids is 2. The minimum atomic E-state index is -0.925.